The van der Waals surface area contributed by atoms with Crippen molar-refractivity contribution in [2.75, 3.05) is 4.90 Å². The van der Waals surface area contributed by atoms with Crippen LogP contribution in [0.5, 0.6) is 0 Å². The average Bonchev–Trinajstić information content (AvgIpc) is 3.86. The molecular formula is C51H32N2OS. The number of thiazole rings is 1. The van der Waals surface area contributed by atoms with E-state index in [1.807, 2.05) is 0 Å². The lowest BCUT2D eigenvalue weighted by Gasteiger charge is -2.26. The lowest BCUT2D eigenvalue weighted by Crippen LogP contribution is -2.10. The number of furan rings is 1. The van der Waals surface area contributed by atoms with E-state index in [0.29, 0.717) is 0 Å². The quantitative estimate of drug-likeness (QED) is 0.171. The van der Waals surface area contributed by atoms with E-state index in [9.17, 15) is 0 Å². The average molecular weight is 721 g/mol. The first kappa shape index (κ1) is 31.5. The third kappa shape index (κ3) is 5.46. The van der Waals surface area contributed by atoms with Crippen LogP contribution in [0.15, 0.2) is 199 Å². The first-order valence-electron chi connectivity index (χ1n) is 18.5. The highest BCUT2D eigenvalue weighted by Crippen LogP contribution is 2.44. The first-order valence-corrected chi connectivity index (χ1v) is 19.3. The summed E-state index contributed by atoms with van der Waals surface area (Å²) in [5.41, 5.74) is 11.6. The van der Waals surface area contributed by atoms with Crippen LogP contribution in [-0.2, 0) is 0 Å². The fraction of sp³-hybridized carbons (Fsp3) is 0. The van der Waals surface area contributed by atoms with E-state index < -0.39 is 0 Å². The summed E-state index contributed by atoms with van der Waals surface area (Å²) in [5, 5.41) is 8.00. The Morgan fingerprint density at radius 3 is 1.91 bits per heavy atom. The molecule has 258 valence electrons. The predicted octanol–water partition coefficient (Wildman–Crippen LogP) is 15.0. The van der Waals surface area contributed by atoms with Gasteiger partial charge in [0, 0.05) is 44.9 Å². The Kier molecular flexibility index (Phi) is 7.35. The number of aromatic nitrogens is 1. The topological polar surface area (TPSA) is 29.3 Å². The molecule has 0 aliphatic rings. The third-order valence-corrected chi connectivity index (χ3v) is 11.7. The molecule has 2 heterocycles. The molecule has 4 heteroatoms. The summed E-state index contributed by atoms with van der Waals surface area (Å²) in [5.74, 6) is 0. The smallest absolute Gasteiger partial charge is 0.137 e. The van der Waals surface area contributed by atoms with Crippen LogP contribution >= 0.6 is 11.3 Å². The van der Waals surface area contributed by atoms with Gasteiger partial charge in [-0.05, 0) is 93.0 Å². The van der Waals surface area contributed by atoms with E-state index in [0.717, 1.165) is 66.2 Å². The monoisotopic (exact) mass is 720 g/mol. The van der Waals surface area contributed by atoms with Crippen LogP contribution in [0.3, 0.4) is 0 Å². The molecule has 3 nitrogen and oxygen atoms in total. The molecular weight excluding hydrogens is 689 g/mol. The minimum atomic E-state index is 0.835. The highest BCUT2D eigenvalue weighted by molar-refractivity contribution is 7.21. The molecule has 9 aromatic carbocycles. The molecule has 11 rings (SSSR count). The van der Waals surface area contributed by atoms with Crippen LogP contribution in [-0.4, -0.2) is 4.98 Å². The molecule has 2 aromatic heterocycles. The molecule has 0 amide bonds. The number of fused-ring (bicyclic) bond motifs is 7. The second-order valence-electron chi connectivity index (χ2n) is 14.0. The molecule has 11 aromatic rings. The number of nitrogens with zero attached hydrogens (tertiary/aromatic N) is 2. The van der Waals surface area contributed by atoms with Crippen LogP contribution in [0.1, 0.15) is 0 Å². The summed E-state index contributed by atoms with van der Waals surface area (Å²) in [6.45, 7) is 0. The van der Waals surface area contributed by atoms with Gasteiger partial charge in [0.15, 0.2) is 0 Å². The van der Waals surface area contributed by atoms with Gasteiger partial charge in [-0.25, -0.2) is 4.98 Å². The number of anilines is 3. The zero-order valence-electron chi connectivity index (χ0n) is 29.7. The lowest BCUT2D eigenvalue weighted by molar-refractivity contribution is 0.669. The zero-order chi connectivity index (χ0) is 36.3. The van der Waals surface area contributed by atoms with Gasteiger partial charge in [0.1, 0.15) is 16.2 Å². The molecule has 0 N–H and O–H groups in total. The Morgan fingerprint density at radius 2 is 1.07 bits per heavy atom. The van der Waals surface area contributed by atoms with Crippen LogP contribution in [0.4, 0.5) is 17.1 Å². The summed E-state index contributed by atoms with van der Waals surface area (Å²) in [6.07, 6.45) is 0. The molecule has 0 fully saturated rings. The molecule has 0 aliphatic heterocycles. The number of hydrogen-bond acceptors (Lipinski definition) is 4. The van der Waals surface area contributed by atoms with Crippen molar-refractivity contribution in [3.8, 4) is 32.8 Å². The minimum absolute atomic E-state index is 0.835. The van der Waals surface area contributed by atoms with Gasteiger partial charge in [0.2, 0.25) is 0 Å². The van der Waals surface area contributed by atoms with Crippen LogP contribution in [0, 0.1) is 0 Å². The van der Waals surface area contributed by atoms with Gasteiger partial charge in [-0.2, -0.15) is 0 Å². The van der Waals surface area contributed by atoms with Crippen LogP contribution in [0.2, 0.25) is 0 Å². The third-order valence-electron chi connectivity index (χ3n) is 10.7. The molecule has 0 bridgehead atoms. The van der Waals surface area contributed by atoms with Crippen LogP contribution < -0.4 is 4.90 Å². The number of benzene rings is 9. The maximum absolute atomic E-state index is 6.70. The lowest BCUT2D eigenvalue weighted by atomic mass is 10.00. The van der Waals surface area contributed by atoms with Gasteiger partial charge in [-0.15, -0.1) is 11.3 Å². The van der Waals surface area contributed by atoms with Crippen LogP contribution in [0.25, 0.3) is 86.5 Å². The second-order valence-corrected chi connectivity index (χ2v) is 15.0. The van der Waals surface area contributed by atoms with E-state index in [1.54, 1.807) is 11.3 Å². The highest BCUT2D eigenvalue weighted by atomic mass is 32.1. The SMILES string of the molecule is c1ccc(-c2cccc(N(c3cccc(-c4ccc5ccccc5c4)c3)c3ccc4c(c3)oc3cccc(-c5nc6c(ccc7ccccc76)s5)c34)c2)cc1. The highest BCUT2D eigenvalue weighted by Gasteiger charge is 2.20. The van der Waals surface area contributed by atoms with E-state index in [-0.39, 0.29) is 0 Å². The zero-order valence-corrected chi connectivity index (χ0v) is 30.5. The normalized spacial score (nSPS) is 11.6. The fourth-order valence-corrected chi connectivity index (χ4v) is 9.02. The standard InChI is InChI=1S/C51H32N2OS/c1-2-11-33(12-3-1)37-16-8-18-40(30-37)53(41-19-9-17-38(31-41)39-24-23-34-13-4-5-15-36(34)29-39)42-26-27-44-47(32-42)54-46-22-10-21-45(49(44)46)51-52-50-43-20-7-6-14-35(43)25-28-48(50)55-51/h1-32H. The van der Waals surface area contributed by atoms with Crippen molar-refractivity contribution in [2.45, 2.75) is 0 Å². The van der Waals surface area contributed by atoms with Crippen molar-refractivity contribution in [3.63, 3.8) is 0 Å². The van der Waals surface area contributed by atoms with Gasteiger partial charge in [-0.3, -0.25) is 0 Å². The van der Waals surface area contributed by atoms with Crippen molar-refractivity contribution in [1.29, 1.82) is 0 Å². The predicted molar refractivity (Wildman–Crippen MR) is 233 cm³/mol. The molecule has 55 heavy (non-hydrogen) atoms. The minimum Gasteiger partial charge on any atom is -0.456 e. The summed E-state index contributed by atoms with van der Waals surface area (Å²) < 4.78 is 7.88. The van der Waals surface area contributed by atoms with Crippen molar-refractivity contribution >= 4 is 82.1 Å². The summed E-state index contributed by atoms with van der Waals surface area (Å²) >= 11 is 1.73. The van der Waals surface area contributed by atoms with Crippen molar-refractivity contribution in [2.24, 2.45) is 0 Å². The Hall–Kier alpha value is -7.01. The maximum Gasteiger partial charge on any atom is 0.137 e. The summed E-state index contributed by atoms with van der Waals surface area (Å²) in [4.78, 5) is 7.56. The van der Waals surface area contributed by atoms with E-state index in [2.05, 4.69) is 199 Å². The molecule has 0 saturated carbocycles. The van der Waals surface area contributed by atoms with E-state index >= 15 is 0 Å². The number of hydrogen-bond donors (Lipinski definition) is 0. The van der Waals surface area contributed by atoms with Gasteiger partial charge in [0.05, 0.1) is 10.2 Å². The Bertz CT molecular complexity index is 3230. The molecule has 0 saturated heterocycles. The number of rotatable bonds is 6. The molecule has 0 aliphatic carbocycles. The Morgan fingerprint density at radius 1 is 0.418 bits per heavy atom. The Balaban J connectivity index is 1.07. The molecule has 0 radical (unpaired) electrons. The van der Waals surface area contributed by atoms with Crippen molar-refractivity contribution < 1.29 is 4.42 Å². The van der Waals surface area contributed by atoms with E-state index in [4.69, 9.17) is 9.40 Å². The van der Waals surface area contributed by atoms with Gasteiger partial charge in [0.25, 0.3) is 0 Å². The maximum atomic E-state index is 6.70. The Labute approximate surface area is 322 Å². The van der Waals surface area contributed by atoms with Gasteiger partial charge in [-0.1, -0.05) is 133 Å². The van der Waals surface area contributed by atoms with E-state index in [1.165, 1.54) is 37.4 Å². The van der Waals surface area contributed by atoms with Crippen molar-refractivity contribution in [3.05, 3.63) is 194 Å². The summed E-state index contributed by atoms with van der Waals surface area (Å²) in [7, 11) is 0. The molecule has 0 atom stereocenters. The molecule has 0 unspecified atom stereocenters. The fourth-order valence-electron chi connectivity index (χ4n) is 8.00. The first-order chi connectivity index (χ1) is 27.2. The van der Waals surface area contributed by atoms with Gasteiger partial charge >= 0.3 is 0 Å². The largest absolute Gasteiger partial charge is 0.456 e. The van der Waals surface area contributed by atoms with Gasteiger partial charge < -0.3 is 9.32 Å². The molecule has 0 spiro atoms. The van der Waals surface area contributed by atoms with Crippen molar-refractivity contribution in [1.82, 2.24) is 4.98 Å². The summed E-state index contributed by atoms with van der Waals surface area (Å²) in [6, 6.07) is 69.2. The second kappa shape index (κ2) is 12.8.